The van der Waals surface area contributed by atoms with Gasteiger partial charge in [-0.15, -0.1) is 0 Å². The van der Waals surface area contributed by atoms with E-state index in [9.17, 15) is 0 Å². The molecule has 0 saturated heterocycles. The minimum atomic E-state index is 0.696. The van der Waals surface area contributed by atoms with Gasteiger partial charge in [-0.25, -0.2) is 9.97 Å². The number of hydrogen-bond donors (Lipinski definition) is 0. The highest BCUT2D eigenvalue weighted by Gasteiger charge is 2.13. The lowest BCUT2D eigenvalue weighted by atomic mass is 10.2. The van der Waals surface area contributed by atoms with Gasteiger partial charge in [0.15, 0.2) is 5.16 Å². The Morgan fingerprint density at radius 2 is 1.96 bits per heavy atom. The minimum Gasteiger partial charge on any atom is -0.314 e. The fourth-order valence-electron chi connectivity index (χ4n) is 2.69. The van der Waals surface area contributed by atoms with Crippen molar-refractivity contribution in [1.82, 2.24) is 24.3 Å². The molecule has 0 radical (unpaired) electrons. The zero-order valence-electron chi connectivity index (χ0n) is 13.6. The maximum absolute atomic E-state index is 6.14. The van der Waals surface area contributed by atoms with Crippen LogP contribution in [0.3, 0.4) is 0 Å². The Labute approximate surface area is 154 Å². The van der Waals surface area contributed by atoms with Gasteiger partial charge in [0.1, 0.15) is 12.2 Å². The lowest BCUT2D eigenvalue weighted by Gasteiger charge is -2.09. The molecule has 126 valence electrons. The molecule has 2 aromatic carbocycles. The first-order valence-electron chi connectivity index (χ1n) is 7.86. The van der Waals surface area contributed by atoms with E-state index in [4.69, 9.17) is 16.6 Å². The smallest absolute Gasteiger partial charge is 0.169 e. The monoisotopic (exact) mass is 369 g/mol. The average Bonchev–Trinajstić information content (AvgIpc) is 3.17. The first-order chi connectivity index (χ1) is 12.2. The number of thioether (sulfide) groups is 1. The lowest BCUT2D eigenvalue weighted by molar-refractivity contribution is 0.719. The van der Waals surface area contributed by atoms with Crippen LogP contribution in [0.4, 0.5) is 0 Å². The zero-order chi connectivity index (χ0) is 17.2. The van der Waals surface area contributed by atoms with E-state index in [2.05, 4.69) is 38.9 Å². The van der Waals surface area contributed by atoms with E-state index in [-0.39, 0.29) is 0 Å². The fraction of sp³-hybridized carbons (Fsp3) is 0.167. The molecule has 0 unspecified atom stereocenters. The molecule has 4 rings (SSSR count). The number of aromatic nitrogens is 5. The number of hydrogen-bond acceptors (Lipinski definition) is 4. The molecule has 0 amide bonds. The van der Waals surface area contributed by atoms with E-state index >= 15 is 0 Å². The SMILES string of the molecule is Cn1ncnc1CSc1nc2cc(Cl)ccc2n1Cc1ccccc1. The molecule has 0 spiro atoms. The standard InChI is InChI=1S/C18H16ClN5S/c1-23-17(20-12-21-23)11-25-18-22-15-9-14(19)7-8-16(15)24(18)10-13-5-3-2-4-6-13/h2-9,12H,10-11H2,1H3. The second-order valence-corrected chi connectivity index (χ2v) is 7.07. The van der Waals surface area contributed by atoms with Crippen LogP contribution in [-0.2, 0) is 19.3 Å². The molecule has 0 aliphatic rings. The summed E-state index contributed by atoms with van der Waals surface area (Å²) in [5.74, 6) is 1.63. The number of nitrogens with zero attached hydrogens (tertiary/aromatic N) is 5. The van der Waals surface area contributed by atoms with E-state index < -0.39 is 0 Å². The summed E-state index contributed by atoms with van der Waals surface area (Å²) >= 11 is 7.80. The highest BCUT2D eigenvalue weighted by molar-refractivity contribution is 7.98. The summed E-state index contributed by atoms with van der Waals surface area (Å²) in [5, 5.41) is 5.77. The quantitative estimate of drug-likeness (QED) is 0.496. The normalized spacial score (nSPS) is 11.3. The summed E-state index contributed by atoms with van der Waals surface area (Å²) in [7, 11) is 1.90. The van der Waals surface area contributed by atoms with E-state index in [1.807, 2.05) is 31.3 Å². The number of fused-ring (bicyclic) bond motifs is 1. The van der Waals surface area contributed by atoms with Gasteiger partial charge in [-0.2, -0.15) is 5.10 Å². The zero-order valence-corrected chi connectivity index (χ0v) is 15.2. The Morgan fingerprint density at radius 1 is 1.12 bits per heavy atom. The Bertz CT molecular complexity index is 1010. The van der Waals surface area contributed by atoms with Crippen molar-refractivity contribution in [3.05, 3.63) is 71.3 Å². The molecule has 0 saturated carbocycles. The van der Waals surface area contributed by atoms with Crippen LogP contribution in [0.2, 0.25) is 5.02 Å². The third-order valence-corrected chi connectivity index (χ3v) is 5.20. The van der Waals surface area contributed by atoms with Gasteiger partial charge in [0, 0.05) is 12.1 Å². The molecular weight excluding hydrogens is 354 g/mol. The average molecular weight is 370 g/mol. The number of halogens is 1. The van der Waals surface area contributed by atoms with Gasteiger partial charge >= 0.3 is 0 Å². The van der Waals surface area contributed by atoms with Crippen LogP contribution in [0.1, 0.15) is 11.4 Å². The molecule has 2 aromatic heterocycles. The van der Waals surface area contributed by atoms with Crippen LogP contribution in [0.25, 0.3) is 11.0 Å². The Hall–Kier alpha value is -2.31. The van der Waals surface area contributed by atoms with Crippen LogP contribution in [0.5, 0.6) is 0 Å². The third-order valence-electron chi connectivity index (χ3n) is 3.99. The lowest BCUT2D eigenvalue weighted by Crippen LogP contribution is -2.03. The molecule has 2 heterocycles. The summed E-state index contributed by atoms with van der Waals surface area (Å²) in [6, 6.07) is 16.2. The highest BCUT2D eigenvalue weighted by Crippen LogP contribution is 2.28. The number of imidazole rings is 1. The summed E-state index contributed by atoms with van der Waals surface area (Å²) in [6.45, 7) is 0.764. The summed E-state index contributed by atoms with van der Waals surface area (Å²) < 4.78 is 4.01. The first-order valence-corrected chi connectivity index (χ1v) is 9.22. The maximum Gasteiger partial charge on any atom is 0.169 e. The molecule has 7 heteroatoms. The third kappa shape index (κ3) is 3.41. The van der Waals surface area contributed by atoms with E-state index in [0.29, 0.717) is 10.8 Å². The van der Waals surface area contributed by atoms with Gasteiger partial charge in [0.2, 0.25) is 0 Å². The fourth-order valence-corrected chi connectivity index (χ4v) is 3.86. The molecule has 0 aliphatic heterocycles. The largest absolute Gasteiger partial charge is 0.314 e. The first kappa shape index (κ1) is 16.2. The molecule has 4 aromatic rings. The van der Waals surface area contributed by atoms with Gasteiger partial charge in [0.05, 0.1) is 23.3 Å². The summed E-state index contributed by atoms with van der Waals surface area (Å²) in [5.41, 5.74) is 3.22. The molecular formula is C18H16ClN5S. The van der Waals surface area contributed by atoms with Crippen molar-refractivity contribution in [3.8, 4) is 0 Å². The van der Waals surface area contributed by atoms with E-state index in [1.54, 1.807) is 22.8 Å². The van der Waals surface area contributed by atoms with Crippen LogP contribution in [0, 0.1) is 0 Å². The van der Waals surface area contributed by atoms with Crippen LogP contribution in [0.15, 0.2) is 60.0 Å². The second kappa shape index (κ2) is 6.90. The topological polar surface area (TPSA) is 48.5 Å². The molecule has 25 heavy (non-hydrogen) atoms. The van der Waals surface area contributed by atoms with Gasteiger partial charge in [-0.3, -0.25) is 4.68 Å². The van der Waals surface area contributed by atoms with Crippen LogP contribution < -0.4 is 0 Å². The van der Waals surface area contributed by atoms with Crippen molar-refractivity contribution in [2.75, 3.05) is 0 Å². The maximum atomic E-state index is 6.14. The molecule has 0 fully saturated rings. The summed E-state index contributed by atoms with van der Waals surface area (Å²) in [4.78, 5) is 9.07. The Kier molecular flexibility index (Phi) is 4.46. The van der Waals surface area contributed by atoms with E-state index in [1.165, 1.54) is 5.56 Å². The summed E-state index contributed by atoms with van der Waals surface area (Å²) in [6.07, 6.45) is 1.57. The van der Waals surface area contributed by atoms with Gasteiger partial charge in [-0.1, -0.05) is 53.7 Å². The van der Waals surface area contributed by atoms with Crippen molar-refractivity contribution >= 4 is 34.4 Å². The molecule has 0 aliphatic carbocycles. The Balaban J connectivity index is 1.71. The predicted molar refractivity (Wildman–Crippen MR) is 101 cm³/mol. The number of benzene rings is 2. The second-order valence-electron chi connectivity index (χ2n) is 5.69. The molecule has 0 N–H and O–H groups in total. The van der Waals surface area contributed by atoms with E-state index in [0.717, 1.165) is 28.6 Å². The number of aryl methyl sites for hydroxylation is 1. The van der Waals surface area contributed by atoms with Crippen LogP contribution >= 0.6 is 23.4 Å². The van der Waals surface area contributed by atoms with Gasteiger partial charge in [-0.05, 0) is 23.8 Å². The molecule has 5 nitrogen and oxygen atoms in total. The van der Waals surface area contributed by atoms with Crippen LogP contribution in [-0.4, -0.2) is 24.3 Å². The molecule has 0 atom stereocenters. The number of rotatable bonds is 5. The van der Waals surface area contributed by atoms with Crippen molar-refractivity contribution < 1.29 is 0 Å². The van der Waals surface area contributed by atoms with Crippen molar-refractivity contribution in [1.29, 1.82) is 0 Å². The predicted octanol–water partition coefficient (Wildman–Crippen LogP) is 4.16. The van der Waals surface area contributed by atoms with Crippen molar-refractivity contribution in [2.24, 2.45) is 7.05 Å². The van der Waals surface area contributed by atoms with Crippen molar-refractivity contribution in [2.45, 2.75) is 17.5 Å². The molecule has 0 bridgehead atoms. The van der Waals surface area contributed by atoms with Crippen molar-refractivity contribution in [3.63, 3.8) is 0 Å². The highest BCUT2D eigenvalue weighted by atomic mass is 35.5. The van der Waals surface area contributed by atoms with Gasteiger partial charge in [0.25, 0.3) is 0 Å². The minimum absolute atomic E-state index is 0.696. The Morgan fingerprint density at radius 3 is 2.72 bits per heavy atom. The van der Waals surface area contributed by atoms with Gasteiger partial charge < -0.3 is 4.57 Å².